The first-order valence-corrected chi connectivity index (χ1v) is 5.72. The molecule has 1 aromatic heterocycles. The average Bonchev–Trinajstić information content (AvgIpc) is 2.15. The molecule has 0 aliphatic carbocycles. The summed E-state index contributed by atoms with van der Waals surface area (Å²) in [6.07, 6.45) is 0. The van der Waals surface area contributed by atoms with Crippen LogP contribution >= 0.6 is 0 Å². The number of aromatic amines is 2. The van der Waals surface area contributed by atoms with Crippen LogP contribution in [0.3, 0.4) is 0 Å². The third-order valence-electron chi connectivity index (χ3n) is 2.04. The van der Waals surface area contributed by atoms with Crippen LogP contribution in [0.5, 0.6) is 0 Å². The van der Waals surface area contributed by atoms with Crippen LogP contribution in [0.1, 0.15) is 0 Å². The summed E-state index contributed by atoms with van der Waals surface area (Å²) in [5, 5.41) is 4.98. The van der Waals surface area contributed by atoms with Crippen LogP contribution in [0.2, 0.25) is 0 Å². The molecule has 84 valence electrons. The highest BCUT2D eigenvalue weighted by Gasteiger charge is 2.10. The molecule has 7 nitrogen and oxygen atoms in total. The molecule has 0 fully saturated rings. The highest BCUT2D eigenvalue weighted by atomic mass is 32.2. The Balaban J connectivity index is 2.93. The van der Waals surface area contributed by atoms with Crippen molar-refractivity contribution in [2.75, 3.05) is 0 Å². The van der Waals surface area contributed by atoms with E-state index >= 15 is 0 Å². The third kappa shape index (κ3) is 1.75. The van der Waals surface area contributed by atoms with Gasteiger partial charge in [-0.05, 0) is 18.2 Å². The Labute approximate surface area is 89.0 Å². The monoisotopic (exact) mass is 241 g/mol. The highest BCUT2D eigenvalue weighted by molar-refractivity contribution is 7.89. The van der Waals surface area contributed by atoms with E-state index in [0.29, 0.717) is 0 Å². The van der Waals surface area contributed by atoms with Crippen molar-refractivity contribution >= 4 is 20.9 Å². The van der Waals surface area contributed by atoms with Crippen molar-refractivity contribution in [3.63, 3.8) is 0 Å². The van der Waals surface area contributed by atoms with Crippen molar-refractivity contribution < 1.29 is 8.42 Å². The smallest absolute Gasteiger partial charge is 0.307 e. The van der Waals surface area contributed by atoms with E-state index < -0.39 is 21.3 Å². The number of benzene rings is 1. The van der Waals surface area contributed by atoms with E-state index in [1.807, 2.05) is 4.98 Å². The predicted molar refractivity (Wildman–Crippen MR) is 56.6 cm³/mol. The molecule has 0 amide bonds. The fourth-order valence-corrected chi connectivity index (χ4v) is 1.86. The van der Waals surface area contributed by atoms with Gasteiger partial charge in [-0.1, -0.05) is 0 Å². The molecular weight excluding hydrogens is 234 g/mol. The van der Waals surface area contributed by atoms with Crippen molar-refractivity contribution in [1.82, 2.24) is 9.97 Å². The summed E-state index contributed by atoms with van der Waals surface area (Å²) in [5.41, 5.74) is -1.06. The van der Waals surface area contributed by atoms with Gasteiger partial charge in [-0.3, -0.25) is 9.78 Å². The first-order valence-electron chi connectivity index (χ1n) is 4.17. The lowest BCUT2D eigenvalue weighted by Crippen LogP contribution is -2.22. The van der Waals surface area contributed by atoms with Gasteiger partial charge in [-0.25, -0.2) is 18.4 Å². The Bertz CT molecular complexity index is 772. The van der Waals surface area contributed by atoms with E-state index in [0.717, 1.165) is 6.07 Å². The zero-order valence-electron chi connectivity index (χ0n) is 7.85. The number of nitrogens with two attached hydrogens (primary N) is 1. The van der Waals surface area contributed by atoms with E-state index in [-0.39, 0.29) is 15.8 Å². The SMILES string of the molecule is NS(=O)(=O)c1ccc2[nH]c(=O)[nH]c(=O)c2c1. The summed E-state index contributed by atoms with van der Waals surface area (Å²) < 4.78 is 22.1. The minimum atomic E-state index is -3.87. The minimum absolute atomic E-state index is 0.0612. The average molecular weight is 241 g/mol. The second kappa shape index (κ2) is 3.29. The van der Waals surface area contributed by atoms with Crippen LogP contribution in [0.4, 0.5) is 0 Å². The molecule has 0 aliphatic rings. The normalized spacial score (nSPS) is 11.8. The van der Waals surface area contributed by atoms with Gasteiger partial charge in [-0.2, -0.15) is 0 Å². The molecule has 0 spiro atoms. The standard InChI is InChI=1S/C8H7N3O4S/c9-16(14,15)4-1-2-6-5(3-4)7(12)11-8(13)10-6/h1-3H,(H2,9,14,15)(H2,10,11,12,13). The molecule has 1 aromatic carbocycles. The van der Waals surface area contributed by atoms with Crippen LogP contribution in [-0.4, -0.2) is 18.4 Å². The zero-order chi connectivity index (χ0) is 11.9. The van der Waals surface area contributed by atoms with Crippen molar-refractivity contribution in [1.29, 1.82) is 0 Å². The quantitative estimate of drug-likeness (QED) is 0.583. The first-order chi connectivity index (χ1) is 7.38. The largest absolute Gasteiger partial charge is 0.326 e. The van der Waals surface area contributed by atoms with Crippen molar-refractivity contribution in [2.24, 2.45) is 5.14 Å². The predicted octanol–water partition coefficient (Wildman–Crippen LogP) is -1.14. The van der Waals surface area contributed by atoms with Gasteiger partial charge in [0.1, 0.15) is 0 Å². The Kier molecular flexibility index (Phi) is 2.17. The zero-order valence-corrected chi connectivity index (χ0v) is 8.67. The van der Waals surface area contributed by atoms with Crippen LogP contribution in [0.25, 0.3) is 10.9 Å². The Morgan fingerprint density at radius 1 is 1.12 bits per heavy atom. The molecule has 1 heterocycles. The second-order valence-corrected chi connectivity index (χ2v) is 4.72. The van der Waals surface area contributed by atoms with Gasteiger partial charge in [0.2, 0.25) is 10.0 Å². The van der Waals surface area contributed by atoms with Gasteiger partial charge < -0.3 is 4.98 Å². The number of fused-ring (bicyclic) bond motifs is 1. The summed E-state index contributed by atoms with van der Waals surface area (Å²) in [7, 11) is -3.87. The fraction of sp³-hybridized carbons (Fsp3) is 0. The number of aromatic nitrogens is 2. The van der Waals surface area contributed by atoms with Gasteiger partial charge in [0.05, 0.1) is 15.8 Å². The number of hydrogen-bond acceptors (Lipinski definition) is 4. The molecule has 16 heavy (non-hydrogen) atoms. The number of nitrogens with one attached hydrogen (secondary N) is 2. The Morgan fingerprint density at radius 2 is 1.81 bits per heavy atom. The van der Waals surface area contributed by atoms with Crippen LogP contribution in [-0.2, 0) is 10.0 Å². The molecule has 0 bridgehead atoms. The van der Waals surface area contributed by atoms with Crippen molar-refractivity contribution in [2.45, 2.75) is 4.90 Å². The minimum Gasteiger partial charge on any atom is -0.307 e. The molecule has 0 saturated heterocycles. The van der Waals surface area contributed by atoms with E-state index in [2.05, 4.69) is 4.98 Å². The third-order valence-corrected chi connectivity index (χ3v) is 2.95. The van der Waals surface area contributed by atoms with Gasteiger partial charge in [0.15, 0.2) is 0 Å². The lowest BCUT2D eigenvalue weighted by molar-refractivity contribution is 0.598. The summed E-state index contributed by atoms with van der Waals surface area (Å²) in [6, 6.07) is 3.64. The molecule has 0 radical (unpaired) electrons. The second-order valence-electron chi connectivity index (χ2n) is 3.16. The van der Waals surface area contributed by atoms with Gasteiger partial charge >= 0.3 is 5.69 Å². The van der Waals surface area contributed by atoms with E-state index in [4.69, 9.17) is 5.14 Å². The summed E-state index contributed by atoms with van der Waals surface area (Å²) >= 11 is 0. The van der Waals surface area contributed by atoms with Crippen LogP contribution in [0.15, 0.2) is 32.7 Å². The molecule has 8 heteroatoms. The van der Waals surface area contributed by atoms with Crippen molar-refractivity contribution in [3.8, 4) is 0 Å². The maximum absolute atomic E-state index is 11.4. The summed E-state index contributed by atoms with van der Waals surface area (Å²) in [6.45, 7) is 0. The van der Waals surface area contributed by atoms with E-state index in [1.165, 1.54) is 12.1 Å². The van der Waals surface area contributed by atoms with Gasteiger partial charge in [0.25, 0.3) is 5.56 Å². The van der Waals surface area contributed by atoms with Crippen molar-refractivity contribution in [3.05, 3.63) is 39.0 Å². The summed E-state index contributed by atoms with van der Waals surface area (Å²) in [5.74, 6) is 0. The number of hydrogen-bond donors (Lipinski definition) is 3. The Hall–Kier alpha value is -1.93. The lowest BCUT2D eigenvalue weighted by Gasteiger charge is -1.99. The molecule has 0 saturated carbocycles. The molecule has 0 aliphatic heterocycles. The number of rotatable bonds is 1. The van der Waals surface area contributed by atoms with E-state index in [9.17, 15) is 18.0 Å². The number of H-pyrrole nitrogens is 2. The van der Waals surface area contributed by atoms with E-state index in [1.54, 1.807) is 0 Å². The maximum Gasteiger partial charge on any atom is 0.326 e. The number of primary sulfonamides is 1. The van der Waals surface area contributed by atoms with Crippen LogP contribution < -0.4 is 16.4 Å². The molecule has 4 N–H and O–H groups in total. The molecular formula is C8H7N3O4S. The van der Waals surface area contributed by atoms with Crippen LogP contribution in [0, 0.1) is 0 Å². The fourth-order valence-electron chi connectivity index (χ4n) is 1.32. The summed E-state index contributed by atoms with van der Waals surface area (Å²) in [4.78, 5) is 26.5. The maximum atomic E-state index is 11.4. The molecule has 2 aromatic rings. The Morgan fingerprint density at radius 3 is 2.44 bits per heavy atom. The lowest BCUT2D eigenvalue weighted by atomic mass is 10.2. The van der Waals surface area contributed by atoms with Gasteiger partial charge in [-0.15, -0.1) is 0 Å². The molecule has 2 rings (SSSR count). The topological polar surface area (TPSA) is 126 Å². The number of sulfonamides is 1. The molecule has 0 unspecified atom stereocenters. The molecule has 0 atom stereocenters. The first kappa shape index (κ1) is 10.6. The highest BCUT2D eigenvalue weighted by Crippen LogP contribution is 2.11. The van der Waals surface area contributed by atoms with Gasteiger partial charge in [0, 0.05) is 0 Å².